The van der Waals surface area contributed by atoms with Crippen molar-refractivity contribution in [2.75, 3.05) is 34.0 Å². The summed E-state index contributed by atoms with van der Waals surface area (Å²) >= 11 is 0. The molecule has 0 saturated heterocycles. The summed E-state index contributed by atoms with van der Waals surface area (Å²) in [6.45, 7) is 6.46. The van der Waals surface area contributed by atoms with Gasteiger partial charge in [0.15, 0.2) is 0 Å². The van der Waals surface area contributed by atoms with Crippen molar-refractivity contribution in [3.05, 3.63) is 0 Å². The second-order valence-electron chi connectivity index (χ2n) is 3.66. The molecular formula is C11H26O4Si. The molecule has 5 heteroatoms. The molecule has 0 aromatic rings. The van der Waals surface area contributed by atoms with E-state index in [0.717, 1.165) is 38.5 Å². The Labute approximate surface area is 101 Å². The number of hydrogen-bond donors (Lipinski definition) is 0. The fourth-order valence-electron chi connectivity index (χ4n) is 1.37. The highest BCUT2D eigenvalue weighted by molar-refractivity contribution is 6.60. The van der Waals surface area contributed by atoms with Crippen molar-refractivity contribution < 1.29 is 18.0 Å². The first kappa shape index (κ1) is 16.1. The van der Waals surface area contributed by atoms with Crippen LogP contribution in [0.5, 0.6) is 0 Å². The van der Waals surface area contributed by atoms with Gasteiger partial charge in [0.1, 0.15) is 0 Å². The SMILES string of the molecule is CCCOCCC[Si](OC)(OC)OCCC. The highest BCUT2D eigenvalue weighted by Crippen LogP contribution is 2.16. The Hall–Kier alpha value is 0.0569. The van der Waals surface area contributed by atoms with Gasteiger partial charge in [-0.3, -0.25) is 0 Å². The Kier molecular flexibility index (Phi) is 10.3. The van der Waals surface area contributed by atoms with Crippen LogP contribution in [0.3, 0.4) is 0 Å². The zero-order valence-electron chi connectivity index (χ0n) is 11.1. The number of hydrogen-bond acceptors (Lipinski definition) is 4. The summed E-state index contributed by atoms with van der Waals surface area (Å²) in [4.78, 5) is 0. The fourth-order valence-corrected chi connectivity index (χ4v) is 3.42. The number of rotatable bonds is 11. The second kappa shape index (κ2) is 10.2. The van der Waals surface area contributed by atoms with E-state index in [2.05, 4.69) is 13.8 Å². The van der Waals surface area contributed by atoms with Crippen LogP contribution in [0.25, 0.3) is 0 Å². The van der Waals surface area contributed by atoms with Gasteiger partial charge in [0.25, 0.3) is 0 Å². The van der Waals surface area contributed by atoms with Crippen LogP contribution in [0, 0.1) is 0 Å². The van der Waals surface area contributed by atoms with E-state index in [-0.39, 0.29) is 0 Å². The van der Waals surface area contributed by atoms with Gasteiger partial charge in [0, 0.05) is 40.1 Å². The predicted molar refractivity (Wildman–Crippen MR) is 66.5 cm³/mol. The highest BCUT2D eigenvalue weighted by Gasteiger charge is 2.37. The molecule has 0 heterocycles. The molecule has 0 aromatic carbocycles. The minimum Gasteiger partial charge on any atom is -0.381 e. The third kappa shape index (κ3) is 6.60. The molecule has 0 N–H and O–H groups in total. The van der Waals surface area contributed by atoms with Crippen LogP contribution in [-0.2, 0) is 18.0 Å². The Morgan fingerprint density at radius 3 is 2.00 bits per heavy atom. The molecule has 0 spiro atoms. The van der Waals surface area contributed by atoms with E-state index < -0.39 is 8.80 Å². The van der Waals surface area contributed by atoms with E-state index in [1.54, 1.807) is 14.2 Å². The minimum absolute atomic E-state index is 0.698. The van der Waals surface area contributed by atoms with Crippen LogP contribution >= 0.6 is 0 Å². The van der Waals surface area contributed by atoms with Gasteiger partial charge < -0.3 is 18.0 Å². The largest absolute Gasteiger partial charge is 0.500 e. The van der Waals surface area contributed by atoms with Gasteiger partial charge in [0.2, 0.25) is 0 Å². The molecule has 98 valence electrons. The average Bonchev–Trinajstić information content (AvgIpc) is 2.33. The molecule has 0 bridgehead atoms. The molecule has 4 nitrogen and oxygen atoms in total. The van der Waals surface area contributed by atoms with Crippen LogP contribution in [0.4, 0.5) is 0 Å². The minimum atomic E-state index is -2.40. The van der Waals surface area contributed by atoms with Crippen LogP contribution in [0.15, 0.2) is 0 Å². The zero-order valence-corrected chi connectivity index (χ0v) is 12.1. The van der Waals surface area contributed by atoms with E-state index >= 15 is 0 Å². The molecule has 0 fully saturated rings. The predicted octanol–water partition coefficient (Wildman–Crippen LogP) is 2.46. The molecule has 0 aliphatic carbocycles. The van der Waals surface area contributed by atoms with Crippen LogP contribution < -0.4 is 0 Å². The lowest BCUT2D eigenvalue weighted by Crippen LogP contribution is -2.44. The third-order valence-electron chi connectivity index (χ3n) is 2.27. The summed E-state index contributed by atoms with van der Waals surface area (Å²) in [6.07, 6.45) is 2.97. The first-order valence-corrected chi connectivity index (χ1v) is 7.99. The molecule has 0 aliphatic heterocycles. The van der Waals surface area contributed by atoms with E-state index in [0.29, 0.717) is 6.61 Å². The fraction of sp³-hybridized carbons (Fsp3) is 1.00. The summed E-state index contributed by atoms with van der Waals surface area (Å²) in [5.74, 6) is 0. The van der Waals surface area contributed by atoms with Crippen molar-refractivity contribution in [3.63, 3.8) is 0 Å². The number of ether oxygens (including phenoxy) is 1. The molecule has 0 amide bonds. The first-order chi connectivity index (χ1) is 7.74. The maximum Gasteiger partial charge on any atom is 0.500 e. The van der Waals surface area contributed by atoms with Crippen LogP contribution in [0.2, 0.25) is 6.04 Å². The maximum absolute atomic E-state index is 5.72. The monoisotopic (exact) mass is 250 g/mol. The van der Waals surface area contributed by atoms with Crippen molar-refractivity contribution in [1.29, 1.82) is 0 Å². The van der Waals surface area contributed by atoms with Gasteiger partial charge in [-0.15, -0.1) is 0 Å². The normalized spacial score (nSPS) is 12.0. The average molecular weight is 250 g/mol. The standard InChI is InChI=1S/C11H26O4Si/c1-5-8-14-10-7-11-16(12-3,13-4)15-9-6-2/h5-11H2,1-4H3. The molecule has 0 atom stereocenters. The smallest absolute Gasteiger partial charge is 0.381 e. The lowest BCUT2D eigenvalue weighted by molar-refractivity contribution is 0.0895. The highest BCUT2D eigenvalue weighted by atomic mass is 28.4. The molecule has 0 aromatic heterocycles. The molecule has 0 unspecified atom stereocenters. The molecule has 0 radical (unpaired) electrons. The third-order valence-corrected chi connectivity index (χ3v) is 5.12. The van der Waals surface area contributed by atoms with Crippen molar-refractivity contribution in [1.82, 2.24) is 0 Å². The summed E-state index contributed by atoms with van der Waals surface area (Å²) < 4.78 is 22.0. The van der Waals surface area contributed by atoms with Crippen molar-refractivity contribution >= 4 is 8.80 Å². The topological polar surface area (TPSA) is 36.9 Å². The Bertz CT molecular complexity index is 151. The molecule has 0 aliphatic rings. The van der Waals surface area contributed by atoms with Gasteiger partial charge in [-0.2, -0.15) is 0 Å². The molecule has 0 rings (SSSR count). The summed E-state index contributed by atoms with van der Waals surface area (Å²) in [5, 5.41) is 0. The van der Waals surface area contributed by atoms with E-state index in [1.165, 1.54) is 0 Å². The lowest BCUT2D eigenvalue weighted by atomic mass is 10.5. The quantitative estimate of drug-likeness (QED) is 0.417. The summed E-state index contributed by atoms with van der Waals surface area (Å²) in [7, 11) is 0.925. The first-order valence-electron chi connectivity index (χ1n) is 6.06. The Balaban J connectivity index is 3.82. The van der Waals surface area contributed by atoms with Gasteiger partial charge in [-0.05, 0) is 19.3 Å². The lowest BCUT2D eigenvalue weighted by Gasteiger charge is -2.26. The second-order valence-corrected chi connectivity index (χ2v) is 6.63. The molecular weight excluding hydrogens is 224 g/mol. The van der Waals surface area contributed by atoms with Gasteiger partial charge in [-0.25, -0.2) is 0 Å². The van der Waals surface area contributed by atoms with Crippen molar-refractivity contribution in [3.8, 4) is 0 Å². The van der Waals surface area contributed by atoms with E-state index in [1.807, 2.05) is 0 Å². The summed E-state index contributed by atoms with van der Waals surface area (Å²) in [6, 6.07) is 0.823. The zero-order chi connectivity index (χ0) is 12.3. The van der Waals surface area contributed by atoms with Crippen LogP contribution in [-0.4, -0.2) is 42.8 Å². The van der Waals surface area contributed by atoms with Crippen molar-refractivity contribution in [2.45, 2.75) is 39.2 Å². The van der Waals surface area contributed by atoms with Crippen molar-refractivity contribution in [2.24, 2.45) is 0 Å². The van der Waals surface area contributed by atoms with Gasteiger partial charge >= 0.3 is 8.80 Å². The van der Waals surface area contributed by atoms with Crippen LogP contribution in [0.1, 0.15) is 33.1 Å². The van der Waals surface area contributed by atoms with E-state index in [9.17, 15) is 0 Å². The Morgan fingerprint density at radius 2 is 1.50 bits per heavy atom. The molecule has 16 heavy (non-hydrogen) atoms. The van der Waals surface area contributed by atoms with Gasteiger partial charge in [0.05, 0.1) is 0 Å². The summed E-state index contributed by atoms with van der Waals surface area (Å²) in [5.41, 5.74) is 0. The molecule has 0 saturated carbocycles. The van der Waals surface area contributed by atoms with E-state index in [4.69, 9.17) is 18.0 Å². The maximum atomic E-state index is 5.72. The Morgan fingerprint density at radius 1 is 0.875 bits per heavy atom. The van der Waals surface area contributed by atoms with Gasteiger partial charge in [-0.1, -0.05) is 13.8 Å².